The Bertz CT molecular complexity index is 875. The van der Waals surface area contributed by atoms with Crippen LogP contribution in [0.1, 0.15) is 5.56 Å². The molecule has 0 aliphatic heterocycles. The highest BCUT2D eigenvalue weighted by Crippen LogP contribution is 2.20. The first-order valence-corrected chi connectivity index (χ1v) is 6.69. The van der Waals surface area contributed by atoms with Crippen LogP contribution in [0, 0.1) is 0 Å². The molecule has 0 radical (unpaired) electrons. The molecule has 0 amide bonds. The summed E-state index contributed by atoms with van der Waals surface area (Å²) >= 11 is 4.92. The summed E-state index contributed by atoms with van der Waals surface area (Å²) in [5, 5.41) is 14.2. The minimum absolute atomic E-state index is 0.0679. The molecule has 21 heavy (non-hydrogen) atoms. The van der Waals surface area contributed by atoms with Crippen molar-refractivity contribution >= 4 is 34.7 Å². The van der Waals surface area contributed by atoms with Crippen LogP contribution in [0.5, 0.6) is 5.75 Å². The van der Waals surface area contributed by atoms with Crippen molar-refractivity contribution in [2.45, 2.75) is 0 Å². The molecular weight excluding hydrogens is 286 g/mol. The minimum Gasteiger partial charge on any atom is -0.504 e. The number of benzene rings is 1. The zero-order valence-corrected chi connectivity index (χ0v) is 11.7. The normalized spacial score (nSPS) is 10.5. The van der Waals surface area contributed by atoms with E-state index in [-0.39, 0.29) is 22.5 Å². The van der Waals surface area contributed by atoms with Crippen LogP contribution in [-0.4, -0.2) is 19.9 Å². The Morgan fingerprint density at radius 3 is 2.67 bits per heavy atom. The van der Waals surface area contributed by atoms with Gasteiger partial charge in [0.1, 0.15) is 5.82 Å². The highest BCUT2D eigenvalue weighted by atomic mass is 32.1. The highest BCUT2D eigenvalue weighted by molar-refractivity contribution is 7.79. The van der Waals surface area contributed by atoms with Crippen LogP contribution in [0.25, 0.3) is 5.65 Å². The van der Waals surface area contributed by atoms with E-state index in [4.69, 9.17) is 12.2 Å². The lowest BCUT2D eigenvalue weighted by molar-refractivity contribution is 0.477. The van der Waals surface area contributed by atoms with E-state index >= 15 is 0 Å². The zero-order valence-electron chi connectivity index (χ0n) is 10.9. The van der Waals surface area contributed by atoms with Crippen molar-refractivity contribution in [1.29, 1.82) is 0 Å². The minimum atomic E-state index is -0.329. The van der Waals surface area contributed by atoms with E-state index in [0.717, 1.165) is 5.69 Å². The number of rotatable bonds is 3. The molecular formula is C15H11N3O2S. The smallest absolute Gasteiger partial charge is 0.268 e. The van der Waals surface area contributed by atoms with Gasteiger partial charge < -0.3 is 10.4 Å². The number of para-hydroxylation sites is 1. The standard InChI is InChI=1S/C15H11N3O2S/c19-12-7-4-8-18-14(12)17-13(11(9-21)15(18)20)16-10-5-2-1-3-6-10/h1-9,16,19H. The van der Waals surface area contributed by atoms with Gasteiger partial charge in [-0.3, -0.25) is 9.20 Å². The first-order valence-electron chi connectivity index (χ1n) is 6.22. The zero-order chi connectivity index (χ0) is 14.8. The predicted octanol–water partition coefficient (Wildman–Crippen LogP) is 2.49. The second kappa shape index (κ2) is 5.34. The molecule has 2 N–H and O–H groups in total. The van der Waals surface area contributed by atoms with Crippen LogP contribution < -0.4 is 10.9 Å². The Morgan fingerprint density at radius 1 is 1.19 bits per heavy atom. The summed E-state index contributed by atoms with van der Waals surface area (Å²) in [6, 6.07) is 12.4. The molecule has 2 heterocycles. The molecule has 3 rings (SSSR count). The lowest BCUT2D eigenvalue weighted by atomic mass is 10.2. The molecule has 0 atom stereocenters. The molecule has 3 aromatic rings. The van der Waals surface area contributed by atoms with Crippen molar-refractivity contribution in [1.82, 2.24) is 9.38 Å². The highest BCUT2D eigenvalue weighted by Gasteiger charge is 2.12. The van der Waals surface area contributed by atoms with Crippen molar-refractivity contribution in [2.75, 3.05) is 5.32 Å². The summed E-state index contributed by atoms with van der Waals surface area (Å²) < 4.78 is 1.27. The van der Waals surface area contributed by atoms with E-state index in [0.29, 0.717) is 5.82 Å². The number of aromatic nitrogens is 2. The average molecular weight is 297 g/mol. The Hall–Kier alpha value is -2.73. The summed E-state index contributed by atoms with van der Waals surface area (Å²) in [6.07, 6.45) is 1.54. The van der Waals surface area contributed by atoms with E-state index < -0.39 is 0 Å². The lowest BCUT2D eigenvalue weighted by Gasteiger charge is -2.10. The fourth-order valence-corrected chi connectivity index (χ4v) is 2.23. The molecule has 0 fully saturated rings. The maximum Gasteiger partial charge on any atom is 0.268 e. The van der Waals surface area contributed by atoms with Crippen molar-refractivity contribution in [3.63, 3.8) is 0 Å². The quantitative estimate of drug-likeness (QED) is 0.727. The molecule has 5 nitrogen and oxygen atoms in total. The SMILES string of the molecule is O=c1c(C=S)c(Nc2ccccc2)nc2c(O)cccn12. The van der Waals surface area contributed by atoms with Gasteiger partial charge in [0.2, 0.25) is 0 Å². The van der Waals surface area contributed by atoms with Gasteiger partial charge in [-0.25, -0.2) is 4.98 Å². The van der Waals surface area contributed by atoms with Crippen LogP contribution in [0.15, 0.2) is 53.5 Å². The van der Waals surface area contributed by atoms with Crippen molar-refractivity contribution in [3.05, 3.63) is 64.6 Å². The topological polar surface area (TPSA) is 66.6 Å². The van der Waals surface area contributed by atoms with Gasteiger partial charge in [-0.1, -0.05) is 30.4 Å². The molecule has 0 bridgehead atoms. The summed E-state index contributed by atoms with van der Waals surface area (Å²) in [5.74, 6) is 0.254. The second-order valence-electron chi connectivity index (χ2n) is 4.38. The number of anilines is 2. The molecule has 0 unspecified atom stereocenters. The molecule has 0 saturated heterocycles. The van der Waals surface area contributed by atoms with Gasteiger partial charge >= 0.3 is 0 Å². The largest absolute Gasteiger partial charge is 0.504 e. The van der Waals surface area contributed by atoms with Gasteiger partial charge in [-0.15, -0.1) is 0 Å². The predicted molar refractivity (Wildman–Crippen MR) is 85.6 cm³/mol. The summed E-state index contributed by atoms with van der Waals surface area (Å²) in [5.41, 5.74) is 0.907. The van der Waals surface area contributed by atoms with E-state index in [1.54, 1.807) is 12.3 Å². The molecule has 0 spiro atoms. The number of fused-ring (bicyclic) bond motifs is 1. The van der Waals surface area contributed by atoms with E-state index in [9.17, 15) is 9.90 Å². The number of nitrogens with zero attached hydrogens (tertiary/aromatic N) is 2. The molecule has 2 aromatic heterocycles. The fourth-order valence-electron chi connectivity index (χ4n) is 2.02. The van der Waals surface area contributed by atoms with Crippen LogP contribution in [0.4, 0.5) is 11.5 Å². The van der Waals surface area contributed by atoms with Gasteiger partial charge in [-0.05, 0) is 24.3 Å². The van der Waals surface area contributed by atoms with Crippen LogP contribution in [-0.2, 0) is 0 Å². The van der Waals surface area contributed by atoms with Crippen LogP contribution in [0.3, 0.4) is 0 Å². The van der Waals surface area contributed by atoms with E-state index in [1.165, 1.54) is 15.8 Å². The van der Waals surface area contributed by atoms with Gasteiger partial charge in [0.05, 0.1) is 5.56 Å². The van der Waals surface area contributed by atoms with Gasteiger partial charge in [0.15, 0.2) is 11.4 Å². The molecule has 104 valence electrons. The molecule has 0 aliphatic rings. The Morgan fingerprint density at radius 2 is 1.95 bits per heavy atom. The number of hydrogen-bond acceptors (Lipinski definition) is 5. The Labute approximate surface area is 125 Å². The maximum atomic E-state index is 12.4. The van der Waals surface area contributed by atoms with E-state index in [2.05, 4.69) is 10.3 Å². The summed E-state index contributed by atoms with van der Waals surface area (Å²) in [7, 11) is 0. The third kappa shape index (κ3) is 2.36. The Balaban J connectivity index is 2.24. The van der Waals surface area contributed by atoms with Gasteiger partial charge in [0.25, 0.3) is 5.56 Å². The number of hydrogen-bond donors (Lipinski definition) is 2. The molecule has 0 saturated carbocycles. The average Bonchev–Trinajstić information content (AvgIpc) is 2.50. The Kier molecular flexibility index (Phi) is 3.37. The third-order valence-corrected chi connectivity index (χ3v) is 3.26. The number of thiocarbonyl (C=S) groups is 1. The monoisotopic (exact) mass is 297 g/mol. The molecule has 0 aliphatic carbocycles. The van der Waals surface area contributed by atoms with Crippen molar-refractivity contribution in [3.8, 4) is 5.75 Å². The van der Waals surface area contributed by atoms with Gasteiger partial charge in [-0.2, -0.15) is 0 Å². The number of nitrogens with one attached hydrogen (secondary N) is 1. The summed E-state index contributed by atoms with van der Waals surface area (Å²) in [6.45, 7) is 0. The maximum absolute atomic E-state index is 12.4. The first kappa shape index (κ1) is 13.3. The van der Waals surface area contributed by atoms with Crippen LogP contribution in [0.2, 0.25) is 0 Å². The number of pyridine rings is 1. The summed E-state index contributed by atoms with van der Waals surface area (Å²) in [4.78, 5) is 16.7. The molecule has 1 aromatic carbocycles. The van der Waals surface area contributed by atoms with Crippen molar-refractivity contribution < 1.29 is 5.11 Å². The van der Waals surface area contributed by atoms with Gasteiger partial charge in [0, 0.05) is 17.3 Å². The fraction of sp³-hybridized carbons (Fsp3) is 0. The molecule has 6 heteroatoms. The van der Waals surface area contributed by atoms with Crippen molar-refractivity contribution in [2.24, 2.45) is 0 Å². The van der Waals surface area contributed by atoms with E-state index in [1.807, 2.05) is 30.3 Å². The second-order valence-corrected chi connectivity index (χ2v) is 4.61. The lowest BCUT2D eigenvalue weighted by Crippen LogP contribution is -2.21. The number of aromatic hydroxyl groups is 1. The first-order chi connectivity index (χ1) is 10.2. The third-order valence-electron chi connectivity index (χ3n) is 3.02. The van der Waals surface area contributed by atoms with Crippen LogP contribution >= 0.6 is 12.2 Å².